The Morgan fingerprint density at radius 1 is 1.47 bits per heavy atom. The zero-order valence-electron chi connectivity index (χ0n) is 7.80. The summed E-state index contributed by atoms with van der Waals surface area (Å²) in [6.45, 7) is 0. The maximum absolute atomic E-state index is 11.4. The van der Waals surface area contributed by atoms with Crippen LogP contribution in [0.4, 0.5) is 0 Å². The van der Waals surface area contributed by atoms with Crippen molar-refractivity contribution in [2.24, 2.45) is 0 Å². The third kappa shape index (κ3) is 1.41. The molecule has 1 fully saturated rings. The monoisotopic (exact) mass is 232 g/mol. The summed E-state index contributed by atoms with van der Waals surface area (Å²) in [6, 6.07) is 0. The number of carbonyl (C=O) groups is 1. The van der Waals surface area contributed by atoms with E-state index in [-0.39, 0.29) is 5.89 Å². The van der Waals surface area contributed by atoms with E-state index < -0.39 is 26.4 Å². The third-order valence-corrected chi connectivity index (χ3v) is 4.41. The predicted molar refractivity (Wildman–Crippen MR) is 47.0 cm³/mol. The summed E-state index contributed by atoms with van der Waals surface area (Å²) in [6.07, 6.45) is 1.87. The Balaban J connectivity index is 2.43. The summed E-state index contributed by atoms with van der Waals surface area (Å²) >= 11 is 0. The van der Waals surface area contributed by atoms with Crippen molar-refractivity contribution in [3.8, 4) is 0 Å². The van der Waals surface area contributed by atoms with E-state index in [1.54, 1.807) is 0 Å². The largest absolute Gasteiger partial charge is 0.474 e. The van der Waals surface area contributed by atoms with E-state index in [1.807, 2.05) is 0 Å². The van der Waals surface area contributed by atoms with Crippen LogP contribution in [0.3, 0.4) is 0 Å². The molecule has 1 saturated carbocycles. The van der Waals surface area contributed by atoms with Crippen LogP contribution >= 0.6 is 0 Å². The highest BCUT2D eigenvalue weighted by atomic mass is 32.2. The van der Waals surface area contributed by atoms with Crippen LogP contribution in [0.15, 0.2) is 4.42 Å². The van der Waals surface area contributed by atoms with E-state index in [4.69, 9.17) is 9.52 Å². The molecule has 0 saturated heterocycles. The van der Waals surface area contributed by atoms with Crippen molar-refractivity contribution < 1.29 is 22.7 Å². The van der Waals surface area contributed by atoms with Gasteiger partial charge in [-0.25, -0.2) is 13.2 Å². The third-order valence-electron chi connectivity index (χ3n) is 2.41. The van der Waals surface area contributed by atoms with E-state index in [9.17, 15) is 13.2 Å². The van der Waals surface area contributed by atoms with Crippen molar-refractivity contribution in [1.82, 2.24) is 10.2 Å². The van der Waals surface area contributed by atoms with Gasteiger partial charge in [-0.2, -0.15) is 0 Å². The van der Waals surface area contributed by atoms with Gasteiger partial charge in [-0.15, -0.1) is 10.2 Å². The number of carboxylic acid groups (broad SMARTS) is 1. The van der Waals surface area contributed by atoms with Gasteiger partial charge < -0.3 is 9.52 Å². The lowest BCUT2D eigenvalue weighted by Gasteiger charge is -2.05. The second-order valence-corrected chi connectivity index (χ2v) is 5.81. The molecule has 0 spiro atoms. The van der Waals surface area contributed by atoms with Crippen LogP contribution in [-0.2, 0) is 14.6 Å². The molecule has 1 heterocycles. The van der Waals surface area contributed by atoms with E-state index in [0.717, 1.165) is 6.26 Å². The molecule has 82 valence electrons. The van der Waals surface area contributed by atoms with Crippen LogP contribution in [0.1, 0.15) is 29.4 Å². The molecule has 0 bridgehead atoms. The first-order valence-electron chi connectivity index (χ1n) is 4.14. The van der Waals surface area contributed by atoms with E-state index in [2.05, 4.69) is 10.2 Å². The van der Waals surface area contributed by atoms with E-state index >= 15 is 0 Å². The minimum atomic E-state index is -3.35. The van der Waals surface area contributed by atoms with Crippen LogP contribution in [0.5, 0.6) is 0 Å². The SMILES string of the molecule is CS(=O)(=O)C1(c2nnc(C(=O)O)o2)CC1. The van der Waals surface area contributed by atoms with Gasteiger partial charge in [0.2, 0.25) is 5.89 Å². The topological polar surface area (TPSA) is 110 Å². The summed E-state index contributed by atoms with van der Waals surface area (Å²) in [5.41, 5.74) is 0. The highest BCUT2D eigenvalue weighted by Gasteiger charge is 2.58. The maximum Gasteiger partial charge on any atom is 0.393 e. The van der Waals surface area contributed by atoms with Crippen LogP contribution in [0.2, 0.25) is 0 Å². The van der Waals surface area contributed by atoms with Gasteiger partial charge in [0.05, 0.1) is 0 Å². The second kappa shape index (κ2) is 2.78. The number of sulfone groups is 1. The summed E-state index contributed by atoms with van der Waals surface area (Å²) in [5, 5.41) is 15.3. The predicted octanol–water partition coefficient (Wildman–Crippen LogP) is -0.198. The quantitative estimate of drug-likeness (QED) is 0.768. The summed E-state index contributed by atoms with van der Waals surface area (Å²) in [5.74, 6) is -2.07. The van der Waals surface area contributed by atoms with Gasteiger partial charge in [-0.3, -0.25) is 0 Å². The number of carboxylic acids is 1. The number of hydrogen-bond acceptors (Lipinski definition) is 6. The molecule has 1 aromatic rings. The first-order valence-corrected chi connectivity index (χ1v) is 6.03. The smallest absolute Gasteiger partial charge is 0.393 e. The number of hydrogen-bond donors (Lipinski definition) is 1. The van der Waals surface area contributed by atoms with Crippen molar-refractivity contribution in [2.75, 3.05) is 6.26 Å². The fraction of sp³-hybridized carbons (Fsp3) is 0.571. The lowest BCUT2D eigenvalue weighted by Crippen LogP contribution is -2.19. The fourth-order valence-electron chi connectivity index (χ4n) is 1.35. The van der Waals surface area contributed by atoms with E-state index in [0.29, 0.717) is 12.8 Å². The first-order chi connectivity index (χ1) is 6.87. The minimum absolute atomic E-state index is 0.123. The average molecular weight is 232 g/mol. The Bertz CT molecular complexity index is 513. The minimum Gasteiger partial charge on any atom is -0.474 e. The Morgan fingerprint density at radius 3 is 2.40 bits per heavy atom. The zero-order valence-corrected chi connectivity index (χ0v) is 8.61. The molecule has 0 unspecified atom stereocenters. The number of rotatable bonds is 3. The maximum atomic E-state index is 11.4. The van der Waals surface area contributed by atoms with Gasteiger partial charge in [0.25, 0.3) is 0 Å². The molecule has 1 aliphatic rings. The molecular formula is C7H8N2O5S. The molecule has 0 atom stereocenters. The van der Waals surface area contributed by atoms with E-state index in [1.165, 1.54) is 0 Å². The highest BCUT2D eigenvalue weighted by molar-refractivity contribution is 7.91. The zero-order chi connectivity index (χ0) is 11.3. The highest BCUT2D eigenvalue weighted by Crippen LogP contribution is 2.51. The standard InChI is InChI=1S/C7H8N2O5S/c1-15(12,13)7(2-3-7)6-9-8-4(14-6)5(10)11/h2-3H2,1H3,(H,10,11). The molecule has 0 aliphatic heterocycles. The van der Waals surface area contributed by atoms with Gasteiger partial charge in [0, 0.05) is 6.26 Å². The van der Waals surface area contributed by atoms with Gasteiger partial charge in [0.1, 0.15) is 4.75 Å². The molecule has 8 heteroatoms. The van der Waals surface area contributed by atoms with Crippen molar-refractivity contribution in [3.05, 3.63) is 11.8 Å². The number of nitrogens with zero attached hydrogens (tertiary/aromatic N) is 2. The molecule has 1 aromatic heterocycles. The molecule has 1 N–H and O–H groups in total. The molecule has 0 amide bonds. The van der Waals surface area contributed by atoms with Crippen LogP contribution in [-0.4, -0.2) is 35.9 Å². The Kier molecular flexibility index (Phi) is 1.87. The fourth-order valence-corrected chi connectivity index (χ4v) is 2.59. The Hall–Kier alpha value is -1.44. The lowest BCUT2D eigenvalue weighted by molar-refractivity contribution is 0.0651. The molecule has 0 radical (unpaired) electrons. The van der Waals surface area contributed by atoms with Crippen molar-refractivity contribution in [2.45, 2.75) is 17.6 Å². The second-order valence-electron chi connectivity index (χ2n) is 3.48. The number of aromatic nitrogens is 2. The first kappa shape index (κ1) is 10.1. The summed E-state index contributed by atoms with van der Waals surface area (Å²) in [4.78, 5) is 10.5. The van der Waals surface area contributed by atoms with Crippen molar-refractivity contribution in [1.29, 1.82) is 0 Å². The van der Waals surface area contributed by atoms with Gasteiger partial charge in [0.15, 0.2) is 9.84 Å². The molecule has 7 nitrogen and oxygen atoms in total. The van der Waals surface area contributed by atoms with Crippen molar-refractivity contribution in [3.63, 3.8) is 0 Å². The summed E-state index contributed by atoms with van der Waals surface area (Å²) < 4.78 is 26.5. The molecule has 0 aromatic carbocycles. The number of aromatic carboxylic acids is 1. The van der Waals surface area contributed by atoms with Gasteiger partial charge in [-0.05, 0) is 12.8 Å². The van der Waals surface area contributed by atoms with Crippen molar-refractivity contribution >= 4 is 15.8 Å². The molecule has 1 aliphatic carbocycles. The molecule has 2 rings (SSSR count). The Morgan fingerprint density at radius 2 is 2.07 bits per heavy atom. The molecular weight excluding hydrogens is 224 g/mol. The van der Waals surface area contributed by atoms with Gasteiger partial charge in [-0.1, -0.05) is 0 Å². The summed E-state index contributed by atoms with van der Waals surface area (Å²) in [7, 11) is -3.35. The average Bonchev–Trinajstić information content (AvgIpc) is 2.77. The van der Waals surface area contributed by atoms with Gasteiger partial charge >= 0.3 is 11.9 Å². The molecule has 15 heavy (non-hydrogen) atoms. The Labute approximate surface area is 85.0 Å². The van der Waals surface area contributed by atoms with Crippen LogP contribution in [0, 0.1) is 0 Å². The lowest BCUT2D eigenvalue weighted by atomic mass is 10.4. The van der Waals surface area contributed by atoms with Crippen LogP contribution in [0.25, 0.3) is 0 Å². The van der Waals surface area contributed by atoms with Crippen LogP contribution < -0.4 is 0 Å². The normalized spacial score (nSPS) is 18.7.